The van der Waals surface area contributed by atoms with Gasteiger partial charge in [0.25, 0.3) is 5.91 Å². The lowest BCUT2D eigenvalue weighted by molar-refractivity contribution is -0.114. The quantitative estimate of drug-likeness (QED) is 0.737. The molecule has 2 aromatic rings. The second-order valence-electron chi connectivity index (χ2n) is 6.79. The summed E-state index contributed by atoms with van der Waals surface area (Å²) >= 11 is 1.44. The summed E-state index contributed by atoms with van der Waals surface area (Å²) in [5.74, 6) is -0.326. The Labute approximate surface area is 162 Å². The van der Waals surface area contributed by atoms with Gasteiger partial charge in [0.1, 0.15) is 0 Å². The van der Waals surface area contributed by atoms with E-state index in [-0.39, 0.29) is 17.9 Å². The van der Waals surface area contributed by atoms with Crippen LogP contribution < -0.4 is 10.6 Å². The van der Waals surface area contributed by atoms with Crippen molar-refractivity contribution in [3.8, 4) is 10.6 Å². The molecule has 0 aliphatic heterocycles. The van der Waals surface area contributed by atoms with Gasteiger partial charge in [0.05, 0.1) is 22.9 Å². The summed E-state index contributed by atoms with van der Waals surface area (Å²) in [6.07, 6.45) is 2.46. The van der Waals surface area contributed by atoms with Gasteiger partial charge in [0.2, 0.25) is 5.91 Å². The maximum Gasteiger partial charge on any atom is 0.272 e. The number of anilines is 1. The number of aromatic nitrogens is 3. The molecule has 0 spiro atoms. The van der Waals surface area contributed by atoms with Gasteiger partial charge in [-0.3, -0.25) is 14.3 Å². The highest BCUT2D eigenvalue weighted by molar-refractivity contribution is 7.19. The fraction of sp³-hybridized carbons (Fsp3) is 0.556. The van der Waals surface area contributed by atoms with Crippen LogP contribution in [0.2, 0.25) is 0 Å². The third kappa shape index (κ3) is 4.03. The summed E-state index contributed by atoms with van der Waals surface area (Å²) in [6.45, 7) is 6.45. The predicted molar refractivity (Wildman–Crippen MR) is 104 cm³/mol. The van der Waals surface area contributed by atoms with Gasteiger partial charge < -0.3 is 15.4 Å². The van der Waals surface area contributed by atoms with Crippen LogP contribution in [0.3, 0.4) is 0 Å². The van der Waals surface area contributed by atoms with E-state index < -0.39 is 0 Å². The molecule has 0 unspecified atom stereocenters. The maximum atomic E-state index is 12.7. The first-order valence-electron chi connectivity index (χ1n) is 9.08. The summed E-state index contributed by atoms with van der Waals surface area (Å²) in [5, 5.41) is 10.9. The average Bonchev–Trinajstić information content (AvgIpc) is 3.11. The number of ether oxygens (including phenoxy) is 1. The van der Waals surface area contributed by atoms with E-state index in [9.17, 15) is 9.59 Å². The second-order valence-corrected chi connectivity index (χ2v) is 7.79. The predicted octanol–water partition coefficient (Wildman–Crippen LogP) is 2.41. The minimum absolute atomic E-state index is 0.0940. The van der Waals surface area contributed by atoms with Gasteiger partial charge >= 0.3 is 0 Å². The van der Waals surface area contributed by atoms with Crippen molar-refractivity contribution in [3.63, 3.8) is 0 Å². The van der Waals surface area contributed by atoms with Crippen molar-refractivity contribution in [2.45, 2.75) is 46.1 Å². The zero-order chi connectivity index (χ0) is 19.6. The summed E-state index contributed by atoms with van der Waals surface area (Å²) in [6, 6.07) is 0.0940. The van der Waals surface area contributed by atoms with Crippen LogP contribution in [0.5, 0.6) is 0 Å². The molecular formula is C18H25N5O3S. The molecule has 0 atom stereocenters. The number of methoxy groups -OCH3 is 1. The van der Waals surface area contributed by atoms with Crippen LogP contribution in [-0.4, -0.2) is 46.8 Å². The summed E-state index contributed by atoms with van der Waals surface area (Å²) in [4.78, 5) is 29.7. The van der Waals surface area contributed by atoms with Crippen molar-refractivity contribution >= 4 is 28.3 Å². The summed E-state index contributed by atoms with van der Waals surface area (Å²) in [5.41, 5.74) is 3.33. The molecular weight excluding hydrogens is 366 g/mol. The number of fused-ring (bicyclic) bond motifs is 3. The van der Waals surface area contributed by atoms with E-state index in [1.165, 1.54) is 18.3 Å². The number of carbonyl (C=O) groups is 2. The molecule has 1 aliphatic carbocycles. The monoisotopic (exact) mass is 391 g/mol. The molecule has 8 nitrogen and oxygen atoms in total. The third-order valence-corrected chi connectivity index (χ3v) is 5.36. The first kappa shape index (κ1) is 19.5. The number of amides is 2. The van der Waals surface area contributed by atoms with Gasteiger partial charge in [0, 0.05) is 32.2 Å². The molecule has 0 bridgehead atoms. The van der Waals surface area contributed by atoms with Crippen molar-refractivity contribution in [2.24, 2.45) is 0 Å². The van der Waals surface area contributed by atoms with E-state index in [0.717, 1.165) is 41.1 Å². The number of carbonyl (C=O) groups excluding carboxylic acids is 2. The first-order valence-corrected chi connectivity index (χ1v) is 9.90. The third-order valence-electron chi connectivity index (χ3n) is 4.34. The topological polar surface area (TPSA) is 98.1 Å². The molecule has 3 rings (SSSR count). The Morgan fingerprint density at radius 1 is 1.33 bits per heavy atom. The molecule has 0 fully saturated rings. The van der Waals surface area contributed by atoms with Gasteiger partial charge in [0.15, 0.2) is 10.8 Å². The molecule has 2 aromatic heterocycles. The molecule has 0 radical (unpaired) electrons. The van der Waals surface area contributed by atoms with E-state index in [2.05, 4.69) is 20.7 Å². The molecule has 1 aliphatic rings. The molecule has 0 aromatic carbocycles. The Bertz CT molecular complexity index is 856. The van der Waals surface area contributed by atoms with Crippen LogP contribution in [0, 0.1) is 0 Å². The number of rotatable bonds is 6. The van der Waals surface area contributed by atoms with Gasteiger partial charge in [-0.25, -0.2) is 4.98 Å². The van der Waals surface area contributed by atoms with Crippen LogP contribution in [0.25, 0.3) is 10.6 Å². The normalized spacial score (nSPS) is 13.1. The van der Waals surface area contributed by atoms with E-state index in [1.807, 2.05) is 18.5 Å². The van der Waals surface area contributed by atoms with Gasteiger partial charge in [-0.2, -0.15) is 5.10 Å². The Morgan fingerprint density at radius 3 is 2.78 bits per heavy atom. The molecule has 2 heterocycles. The van der Waals surface area contributed by atoms with Crippen molar-refractivity contribution in [2.75, 3.05) is 25.6 Å². The van der Waals surface area contributed by atoms with E-state index in [1.54, 1.807) is 7.11 Å². The van der Waals surface area contributed by atoms with Crippen LogP contribution in [0.15, 0.2) is 0 Å². The van der Waals surface area contributed by atoms with E-state index >= 15 is 0 Å². The van der Waals surface area contributed by atoms with Crippen molar-refractivity contribution in [1.29, 1.82) is 0 Å². The van der Waals surface area contributed by atoms with Crippen LogP contribution in [0.4, 0.5) is 5.13 Å². The highest BCUT2D eigenvalue weighted by Crippen LogP contribution is 2.41. The zero-order valence-corrected chi connectivity index (χ0v) is 16.9. The Hall–Kier alpha value is -2.26. The number of nitrogens with zero attached hydrogens (tertiary/aromatic N) is 3. The SMILES string of the molecule is COCCNC(=O)c1nn(C(C)C)c2c1CCCc1nc(NC(C)=O)sc1-2. The Kier molecular flexibility index (Phi) is 5.91. The molecule has 27 heavy (non-hydrogen) atoms. The standard InChI is InChI=1S/C18H25N5O3S/c1-10(2)23-15-12(14(22-23)17(25)19-8-9-26-4)6-5-7-13-16(15)27-18(21-13)20-11(3)24/h10H,5-9H2,1-4H3,(H,19,25)(H,20,21,24). The number of hydrogen-bond donors (Lipinski definition) is 2. The second kappa shape index (κ2) is 8.18. The van der Waals surface area contributed by atoms with Crippen LogP contribution >= 0.6 is 11.3 Å². The summed E-state index contributed by atoms with van der Waals surface area (Å²) < 4.78 is 6.91. The fourth-order valence-corrected chi connectivity index (χ4v) is 4.32. The largest absolute Gasteiger partial charge is 0.383 e. The lowest BCUT2D eigenvalue weighted by atomic mass is 10.1. The molecule has 9 heteroatoms. The number of thiazole rings is 1. The van der Waals surface area contributed by atoms with Crippen LogP contribution in [0.1, 0.15) is 55.0 Å². The van der Waals surface area contributed by atoms with E-state index in [4.69, 9.17) is 4.74 Å². The van der Waals surface area contributed by atoms with Gasteiger partial charge in [-0.1, -0.05) is 11.3 Å². The van der Waals surface area contributed by atoms with Crippen molar-refractivity contribution < 1.29 is 14.3 Å². The maximum absolute atomic E-state index is 12.7. The molecule has 146 valence electrons. The van der Waals surface area contributed by atoms with E-state index in [0.29, 0.717) is 24.0 Å². The summed E-state index contributed by atoms with van der Waals surface area (Å²) in [7, 11) is 1.60. The van der Waals surface area contributed by atoms with Crippen molar-refractivity contribution in [1.82, 2.24) is 20.1 Å². The highest BCUT2D eigenvalue weighted by atomic mass is 32.1. The average molecular weight is 391 g/mol. The minimum Gasteiger partial charge on any atom is -0.383 e. The Balaban J connectivity index is 2.06. The lowest BCUT2D eigenvalue weighted by Gasteiger charge is -2.10. The van der Waals surface area contributed by atoms with Gasteiger partial charge in [-0.05, 0) is 33.1 Å². The first-order chi connectivity index (χ1) is 12.9. The smallest absolute Gasteiger partial charge is 0.272 e. The minimum atomic E-state index is -0.183. The van der Waals surface area contributed by atoms with Crippen molar-refractivity contribution in [3.05, 3.63) is 17.0 Å². The Morgan fingerprint density at radius 2 is 2.11 bits per heavy atom. The number of nitrogens with one attached hydrogen (secondary N) is 2. The molecule has 0 saturated carbocycles. The van der Waals surface area contributed by atoms with Gasteiger partial charge in [-0.15, -0.1) is 0 Å². The molecule has 2 amide bonds. The lowest BCUT2D eigenvalue weighted by Crippen LogP contribution is -2.28. The number of hydrogen-bond acceptors (Lipinski definition) is 6. The number of aryl methyl sites for hydroxylation is 1. The molecule has 0 saturated heterocycles. The molecule has 2 N–H and O–H groups in total. The highest BCUT2D eigenvalue weighted by Gasteiger charge is 2.30. The van der Waals surface area contributed by atoms with Crippen LogP contribution in [-0.2, 0) is 22.4 Å². The fourth-order valence-electron chi connectivity index (χ4n) is 3.20. The zero-order valence-electron chi connectivity index (χ0n) is 16.1.